The zero-order valence-corrected chi connectivity index (χ0v) is 21.2. The second kappa shape index (κ2) is 10.1. The fourth-order valence-corrected chi connectivity index (χ4v) is 5.04. The van der Waals surface area contributed by atoms with E-state index in [1.54, 1.807) is 5.32 Å². The molecule has 5 rings (SSSR count). The van der Waals surface area contributed by atoms with Gasteiger partial charge in [0.25, 0.3) is 23.5 Å². The molecule has 16 heteroatoms. The molecule has 0 bridgehead atoms. The minimum absolute atomic E-state index is 0.0285. The number of aliphatic hydroxyl groups is 4. The van der Waals surface area contributed by atoms with Crippen molar-refractivity contribution in [3.8, 4) is 23.0 Å². The topological polar surface area (TPSA) is 230 Å². The van der Waals surface area contributed by atoms with Crippen molar-refractivity contribution in [1.29, 1.82) is 0 Å². The van der Waals surface area contributed by atoms with E-state index >= 15 is 0 Å². The van der Waals surface area contributed by atoms with Gasteiger partial charge in [0.1, 0.15) is 18.1 Å². The lowest BCUT2D eigenvalue weighted by Crippen LogP contribution is -2.79. The minimum atomic E-state index is -3.84. The summed E-state index contributed by atoms with van der Waals surface area (Å²) in [6, 6.07) is 1.70. The van der Waals surface area contributed by atoms with E-state index in [9.17, 15) is 54.5 Å². The number of amides is 3. The van der Waals surface area contributed by atoms with Gasteiger partial charge in [-0.2, -0.15) is 0 Å². The summed E-state index contributed by atoms with van der Waals surface area (Å²) in [5, 5.41) is 73.4. The fraction of sp³-hybridized carbons (Fsp3) is 0.400. The largest absolute Gasteiger partial charge is 0.507 e. The Morgan fingerprint density at radius 1 is 1.00 bits per heavy atom. The quantitative estimate of drug-likeness (QED) is 0.0780. The van der Waals surface area contributed by atoms with Crippen LogP contribution < -0.4 is 10.1 Å². The van der Waals surface area contributed by atoms with E-state index < -0.39 is 77.1 Å². The van der Waals surface area contributed by atoms with Crippen LogP contribution in [0.4, 0.5) is 4.39 Å². The molecule has 0 saturated carbocycles. The number of hydrogen-bond donors (Lipinski definition) is 8. The number of fused-ring (bicyclic) bond motifs is 1. The third-order valence-corrected chi connectivity index (χ3v) is 7.37. The molecule has 0 aliphatic carbocycles. The highest BCUT2D eigenvalue weighted by Gasteiger charge is 2.67. The summed E-state index contributed by atoms with van der Waals surface area (Å²) in [6.07, 6.45) is 0. The van der Waals surface area contributed by atoms with Gasteiger partial charge in [0.05, 0.1) is 30.9 Å². The van der Waals surface area contributed by atoms with Gasteiger partial charge in [-0.05, 0) is 12.1 Å². The molecule has 2 fully saturated rings. The first-order chi connectivity index (χ1) is 19.3. The molecular formula is C25H26FN3O12. The molecule has 3 heterocycles. The molecule has 41 heavy (non-hydrogen) atoms. The number of carbonyl (C=O) groups excluding carboxylic acids is 3. The van der Waals surface area contributed by atoms with E-state index in [1.807, 2.05) is 4.90 Å². The Hall–Kier alpha value is -4.06. The van der Waals surface area contributed by atoms with Crippen molar-refractivity contribution in [2.45, 2.75) is 37.3 Å². The highest BCUT2D eigenvalue weighted by atomic mass is 19.1. The Balaban J connectivity index is 1.42. The molecule has 1 atom stereocenters. The second-order valence-electron chi connectivity index (χ2n) is 9.83. The Labute approximate surface area is 230 Å². The maximum atomic E-state index is 14.9. The molecule has 2 saturated heterocycles. The highest BCUT2D eigenvalue weighted by Crippen LogP contribution is 2.43. The zero-order valence-electron chi connectivity index (χ0n) is 21.2. The number of halogens is 1. The van der Waals surface area contributed by atoms with Gasteiger partial charge in [0, 0.05) is 30.8 Å². The number of phenols is 3. The lowest BCUT2D eigenvalue weighted by molar-refractivity contribution is -0.355. The van der Waals surface area contributed by atoms with Crippen molar-refractivity contribution in [1.82, 2.24) is 15.1 Å². The number of nitrogens with one attached hydrogen (secondary N) is 1. The van der Waals surface area contributed by atoms with E-state index in [-0.39, 0.29) is 29.0 Å². The Bertz CT molecular complexity index is 1440. The number of carbonyl (C=O) groups is 3. The number of phenolic OH excluding ortho intramolecular Hbond substituents is 3. The van der Waals surface area contributed by atoms with E-state index in [0.717, 1.165) is 0 Å². The molecule has 3 aliphatic rings. The highest BCUT2D eigenvalue weighted by molar-refractivity contribution is 6.08. The number of ether oxygens (including phenoxy) is 2. The van der Waals surface area contributed by atoms with Crippen molar-refractivity contribution >= 4 is 17.7 Å². The van der Waals surface area contributed by atoms with Gasteiger partial charge in [-0.1, -0.05) is 6.07 Å². The number of benzene rings is 2. The lowest BCUT2D eigenvalue weighted by atomic mass is 9.90. The van der Waals surface area contributed by atoms with Gasteiger partial charge in [-0.15, -0.1) is 0 Å². The molecule has 2 aromatic carbocycles. The molecule has 2 aromatic rings. The first kappa shape index (κ1) is 28.5. The number of aromatic hydroxyl groups is 3. The van der Waals surface area contributed by atoms with Crippen LogP contribution >= 0.6 is 0 Å². The lowest BCUT2D eigenvalue weighted by Gasteiger charge is -2.44. The molecule has 8 N–H and O–H groups in total. The average molecular weight is 579 g/mol. The summed E-state index contributed by atoms with van der Waals surface area (Å²) in [7, 11) is 0. The van der Waals surface area contributed by atoms with Crippen LogP contribution in [0.15, 0.2) is 18.2 Å². The SMILES string of the molecule is O=C1NC(=O)C(O)(O)C(O)(O)C1N1Cc2c(OCc3c(O)c(CN4CCOCC4)c(O)c(O)c3F)cccc2C1=O. The Kier molecular flexibility index (Phi) is 7.01. The van der Waals surface area contributed by atoms with Crippen LogP contribution in [0.1, 0.15) is 27.0 Å². The van der Waals surface area contributed by atoms with E-state index in [2.05, 4.69) is 0 Å². The van der Waals surface area contributed by atoms with Crippen LogP contribution in [-0.2, 0) is 34.0 Å². The van der Waals surface area contributed by atoms with E-state index in [0.29, 0.717) is 31.2 Å². The Morgan fingerprint density at radius 2 is 1.68 bits per heavy atom. The molecule has 220 valence electrons. The third kappa shape index (κ3) is 4.50. The minimum Gasteiger partial charge on any atom is -0.507 e. The van der Waals surface area contributed by atoms with E-state index in [1.165, 1.54) is 18.2 Å². The predicted molar refractivity (Wildman–Crippen MR) is 129 cm³/mol. The van der Waals surface area contributed by atoms with Crippen molar-refractivity contribution < 1.29 is 64.0 Å². The van der Waals surface area contributed by atoms with Crippen molar-refractivity contribution in [3.63, 3.8) is 0 Å². The fourth-order valence-electron chi connectivity index (χ4n) is 5.04. The Morgan fingerprint density at radius 3 is 2.37 bits per heavy atom. The number of imide groups is 1. The summed E-state index contributed by atoms with van der Waals surface area (Å²) in [5.74, 6) is -15.8. The van der Waals surface area contributed by atoms with Crippen molar-refractivity contribution in [3.05, 3.63) is 46.3 Å². The molecule has 15 nitrogen and oxygen atoms in total. The standard InChI is InChI=1S/C25H26FN3O12/c26-16-14(17(30)13(18(31)19(16)32)8-28-4-6-40-7-5-28)10-41-15-3-1-2-11-12(15)9-29(22(11)34)20-21(33)27-23(35)25(38,39)24(20,36)37/h1-3,20,30-32,36-39H,4-10H2,(H,27,33,35). The van der Waals surface area contributed by atoms with Gasteiger partial charge >= 0.3 is 5.79 Å². The number of morpholine rings is 1. The summed E-state index contributed by atoms with van der Waals surface area (Å²) in [5.41, 5.74) is -0.644. The number of piperidine rings is 1. The first-order valence-electron chi connectivity index (χ1n) is 12.3. The maximum absolute atomic E-state index is 14.9. The van der Waals surface area contributed by atoms with Crippen LogP contribution in [0.5, 0.6) is 23.0 Å². The molecule has 0 radical (unpaired) electrons. The van der Waals surface area contributed by atoms with Crippen molar-refractivity contribution in [2.75, 3.05) is 26.3 Å². The predicted octanol–water partition coefficient (Wildman–Crippen LogP) is -2.30. The third-order valence-electron chi connectivity index (χ3n) is 7.37. The summed E-state index contributed by atoms with van der Waals surface area (Å²) in [6.45, 7) is 0.491. The zero-order chi connectivity index (χ0) is 29.9. The molecule has 1 unspecified atom stereocenters. The van der Waals surface area contributed by atoms with E-state index in [4.69, 9.17) is 9.47 Å². The number of rotatable bonds is 6. The van der Waals surface area contributed by atoms with Crippen LogP contribution in [0, 0.1) is 5.82 Å². The van der Waals surface area contributed by atoms with Gasteiger partial charge in [-0.3, -0.25) is 24.6 Å². The van der Waals surface area contributed by atoms with Gasteiger partial charge in [0.15, 0.2) is 23.4 Å². The smallest absolute Gasteiger partial charge is 0.303 e. The summed E-state index contributed by atoms with van der Waals surface area (Å²) in [4.78, 5) is 39.7. The molecule has 0 spiro atoms. The summed E-state index contributed by atoms with van der Waals surface area (Å²) >= 11 is 0. The normalized spacial score (nSPS) is 22.0. The molecule has 0 aromatic heterocycles. The number of nitrogens with zero attached hydrogens (tertiary/aromatic N) is 2. The number of hydrogen-bond acceptors (Lipinski definition) is 13. The first-order valence-corrected chi connectivity index (χ1v) is 12.3. The van der Waals surface area contributed by atoms with Crippen LogP contribution in [-0.4, -0.2) is 107 Å². The van der Waals surface area contributed by atoms with Crippen LogP contribution in [0.3, 0.4) is 0 Å². The maximum Gasteiger partial charge on any atom is 0.303 e. The molecule has 3 amide bonds. The monoisotopic (exact) mass is 579 g/mol. The molecule has 3 aliphatic heterocycles. The van der Waals surface area contributed by atoms with Gasteiger partial charge in [-0.25, -0.2) is 4.39 Å². The summed E-state index contributed by atoms with van der Waals surface area (Å²) < 4.78 is 25.9. The van der Waals surface area contributed by atoms with Gasteiger partial charge < -0.3 is 50.1 Å². The van der Waals surface area contributed by atoms with Crippen LogP contribution in [0.25, 0.3) is 0 Å². The van der Waals surface area contributed by atoms with Crippen LogP contribution in [0.2, 0.25) is 0 Å². The van der Waals surface area contributed by atoms with Gasteiger partial charge in [0.2, 0.25) is 0 Å². The average Bonchev–Trinajstić information content (AvgIpc) is 3.26. The van der Waals surface area contributed by atoms with Crippen molar-refractivity contribution in [2.24, 2.45) is 0 Å². The molecular weight excluding hydrogens is 553 g/mol. The second-order valence-corrected chi connectivity index (χ2v) is 9.83.